The van der Waals surface area contributed by atoms with Gasteiger partial charge in [-0.1, -0.05) is 13.8 Å². The summed E-state index contributed by atoms with van der Waals surface area (Å²) in [6.07, 6.45) is 4.67. The van der Waals surface area contributed by atoms with Crippen LogP contribution in [0, 0.1) is 5.92 Å². The molecule has 4 heteroatoms. The van der Waals surface area contributed by atoms with Crippen molar-refractivity contribution in [1.82, 2.24) is 10.2 Å². The van der Waals surface area contributed by atoms with Gasteiger partial charge in [-0.3, -0.25) is 9.69 Å². The van der Waals surface area contributed by atoms with Gasteiger partial charge in [0.05, 0.1) is 13.2 Å². The number of nitrogens with zero attached hydrogens (tertiary/aromatic N) is 1. The van der Waals surface area contributed by atoms with Crippen LogP contribution in [-0.2, 0) is 9.53 Å². The average molecular weight is 254 g/mol. The lowest BCUT2D eigenvalue weighted by atomic mass is 9.89. The molecular weight excluding hydrogens is 228 g/mol. The Morgan fingerprint density at radius 1 is 1.17 bits per heavy atom. The van der Waals surface area contributed by atoms with Crippen LogP contribution in [-0.4, -0.2) is 49.2 Å². The maximum Gasteiger partial charge on any atom is 0.222 e. The number of nitrogens with one attached hydrogen (secondary N) is 1. The molecule has 1 saturated carbocycles. The highest BCUT2D eigenvalue weighted by molar-refractivity contribution is 5.78. The molecule has 2 aliphatic rings. The topological polar surface area (TPSA) is 41.6 Å². The summed E-state index contributed by atoms with van der Waals surface area (Å²) >= 11 is 0. The summed E-state index contributed by atoms with van der Waals surface area (Å²) in [4.78, 5) is 14.2. The van der Waals surface area contributed by atoms with E-state index in [0.717, 1.165) is 39.1 Å². The van der Waals surface area contributed by atoms with Gasteiger partial charge in [0.2, 0.25) is 5.91 Å². The number of morpholine rings is 1. The molecule has 0 radical (unpaired) electrons. The first-order valence-electron chi connectivity index (χ1n) is 7.29. The Kier molecular flexibility index (Phi) is 5.01. The monoisotopic (exact) mass is 254 g/mol. The van der Waals surface area contributed by atoms with Crippen molar-refractivity contribution in [3.8, 4) is 0 Å². The molecule has 1 heterocycles. The van der Waals surface area contributed by atoms with Gasteiger partial charge in [-0.2, -0.15) is 0 Å². The second kappa shape index (κ2) is 6.53. The maximum absolute atomic E-state index is 11.7. The number of hydrogen-bond acceptors (Lipinski definition) is 3. The van der Waals surface area contributed by atoms with E-state index >= 15 is 0 Å². The lowest BCUT2D eigenvalue weighted by Crippen LogP contribution is -2.48. The minimum absolute atomic E-state index is 0.0990. The number of carbonyl (C=O) groups excluding carboxylic acids is 1. The molecule has 1 N–H and O–H groups in total. The lowest BCUT2D eigenvalue weighted by molar-refractivity contribution is -0.125. The molecule has 4 nitrogen and oxygen atoms in total. The molecule has 0 aromatic carbocycles. The second-order valence-electron chi connectivity index (χ2n) is 5.82. The van der Waals surface area contributed by atoms with Crippen molar-refractivity contribution in [2.45, 2.75) is 51.6 Å². The Labute approximate surface area is 110 Å². The van der Waals surface area contributed by atoms with E-state index in [1.165, 1.54) is 12.8 Å². The largest absolute Gasteiger partial charge is 0.379 e. The van der Waals surface area contributed by atoms with Crippen LogP contribution in [0.15, 0.2) is 0 Å². The minimum atomic E-state index is 0.0990. The molecule has 2 rings (SSSR count). The van der Waals surface area contributed by atoms with Crippen LogP contribution in [0.1, 0.15) is 39.5 Å². The van der Waals surface area contributed by atoms with Crippen molar-refractivity contribution in [2.24, 2.45) is 5.92 Å². The molecule has 0 bridgehead atoms. The molecule has 0 aromatic heterocycles. The fourth-order valence-corrected chi connectivity index (χ4v) is 2.90. The number of amides is 1. The van der Waals surface area contributed by atoms with Gasteiger partial charge in [-0.25, -0.2) is 0 Å². The predicted octanol–water partition coefficient (Wildman–Crippen LogP) is 1.40. The summed E-state index contributed by atoms with van der Waals surface area (Å²) in [6.45, 7) is 7.82. The van der Waals surface area contributed by atoms with E-state index in [9.17, 15) is 4.79 Å². The summed E-state index contributed by atoms with van der Waals surface area (Å²) < 4.78 is 5.39. The highest BCUT2D eigenvalue weighted by Crippen LogP contribution is 2.24. The van der Waals surface area contributed by atoms with E-state index in [2.05, 4.69) is 10.2 Å². The molecule has 1 saturated heterocycles. The first kappa shape index (κ1) is 13.8. The van der Waals surface area contributed by atoms with Crippen molar-refractivity contribution in [3.05, 3.63) is 0 Å². The van der Waals surface area contributed by atoms with Crippen molar-refractivity contribution >= 4 is 5.91 Å². The Morgan fingerprint density at radius 2 is 1.78 bits per heavy atom. The number of hydrogen-bond donors (Lipinski definition) is 1. The zero-order valence-electron chi connectivity index (χ0n) is 11.7. The van der Waals surface area contributed by atoms with E-state index in [-0.39, 0.29) is 11.8 Å². The normalized spacial score (nSPS) is 30.4. The molecule has 1 aliphatic heterocycles. The van der Waals surface area contributed by atoms with Crippen LogP contribution in [0.4, 0.5) is 0 Å². The third-order valence-electron chi connectivity index (χ3n) is 4.13. The summed E-state index contributed by atoms with van der Waals surface area (Å²) in [5, 5.41) is 3.16. The van der Waals surface area contributed by atoms with Gasteiger partial charge in [-0.15, -0.1) is 0 Å². The van der Waals surface area contributed by atoms with E-state index in [1.807, 2.05) is 13.8 Å². The molecule has 1 aliphatic carbocycles. The first-order valence-corrected chi connectivity index (χ1v) is 7.29. The van der Waals surface area contributed by atoms with Gasteiger partial charge >= 0.3 is 0 Å². The Bertz CT molecular complexity index is 267. The van der Waals surface area contributed by atoms with Crippen LogP contribution >= 0.6 is 0 Å². The fraction of sp³-hybridized carbons (Fsp3) is 0.929. The second-order valence-corrected chi connectivity index (χ2v) is 5.82. The van der Waals surface area contributed by atoms with Gasteiger partial charge in [0.1, 0.15) is 0 Å². The Hall–Kier alpha value is -0.610. The fourth-order valence-electron chi connectivity index (χ4n) is 2.90. The van der Waals surface area contributed by atoms with Gasteiger partial charge in [0.25, 0.3) is 0 Å². The van der Waals surface area contributed by atoms with Crippen molar-refractivity contribution in [1.29, 1.82) is 0 Å². The third kappa shape index (κ3) is 3.69. The molecule has 2 fully saturated rings. The van der Waals surface area contributed by atoms with Crippen LogP contribution in [0.3, 0.4) is 0 Å². The summed E-state index contributed by atoms with van der Waals surface area (Å²) in [6, 6.07) is 1.11. The zero-order chi connectivity index (χ0) is 13.0. The smallest absolute Gasteiger partial charge is 0.222 e. The Morgan fingerprint density at radius 3 is 2.33 bits per heavy atom. The number of rotatable bonds is 3. The van der Waals surface area contributed by atoms with Crippen molar-refractivity contribution < 1.29 is 9.53 Å². The van der Waals surface area contributed by atoms with Gasteiger partial charge in [-0.05, 0) is 25.7 Å². The standard InChI is InChI=1S/C14H26N2O2/c1-11(2)14(17)15-12-3-5-13(6-4-12)16-7-9-18-10-8-16/h11-13H,3-10H2,1-2H3,(H,15,17). The zero-order valence-corrected chi connectivity index (χ0v) is 11.7. The van der Waals surface area contributed by atoms with Crippen LogP contribution in [0.2, 0.25) is 0 Å². The summed E-state index contributed by atoms with van der Waals surface area (Å²) in [5.41, 5.74) is 0. The van der Waals surface area contributed by atoms with E-state index < -0.39 is 0 Å². The summed E-state index contributed by atoms with van der Waals surface area (Å²) in [7, 11) is 0. The molecular formula is C14H26N2O2. The average Bonchev–Trinajstić information content (AvgIpc) is 2.40. The molecule has 0 aromatic rings. The van der Waals surface area contributed by atoms with Crippen LogP contribution < -0.4 is 5.32 Å². The number of ether oxygens (including phenoxy) is 1. The van der Waals surface area contributed by atoms with E-state index in [1.54, 1.807) is 0 Å². The SMILES string of the molecule is CC(C)C(=O)NC1CCC(N2CCOCC2)CC1. The van der Waals surface area contributed by atoms with Gasteiger partial charge < -0.3 is 10.1 Å². The minimum Gasteiger partial charge on any atom is -0.379 e. The molecule has 1 amide bonds. The van der Waals surface area contributed by atoms with Crippen LogP contribution in [0.25, 0.3) is 0 Å². The Balaban J connectivity index is 1.72. The lowest BCUT2D eigenvalue weighted by Gasteiger charge is -2.39. The third-order valence-corrected chi connectivity index (χ3v) is 4.13. The van der Waals surface area contributed by atoms with Crippen molar-refractivity contribution in [3.63, 3.8) is 0 Å². The maximum atomic E-state index is 11.7. The number of carbonyl (C=O) groups is 1. The van der Waals surface area contributed by atoms with Gasteiger partial charge in [0, 0.05) is 31.1 Å². The molecule has 0 unspecified atom stereocenters. The molecule has 0 spiro atoms. The highest BCUT2D eigenvalue weighted by Gasteiger charge is 2.27. The van der Waals surface area contributed by atoms with E-state index in [4.69, 9.17) is 4.74 Å². The molecule has 104 valence electrons. The predicted molar refractivity (Wildman–Crippen MR) is 71.4 cm³/mol. The van der Waals surface area contributed by atoms with Crippen molar-refractivity contribution in [2.75, 3.05) is 26.3 Å². The van der Waals surface area contributed by atoms with Crippen LogP contribution in [0.5, 0.6) is 0 Å². The first-order chi connectivity index (χ1) is 8.66. The van der Waals surface area contributed by atoms with E-state index in [0.29, 0.717) is 12.1 Å². The van der Waals surface area contributed by atoms with Gasteiger partial charge in [0.15, 0.2) is 0 Å². The quantitative estimate of drug-likeness (QED) is 0.828. The highest BCUT2D eigenvalue weighted by atomic mass is 16.5. The summed E-state index contributed by atoms with van der Waals surface area (Å²) in [5.74, 6) is 0.298. The molecule has 0 atom stereocenters. The molecule has 18 heavy (non-hydrogen) atoms.